The first-order chi connectivity index (χ1) is 7.43. The maximum atomic E-state index is 11.3. The van der Waals surface area contributed by atoms with E-state index in [2.05, 4.69) is 10.5 Å². The highest BCUT2D eigenvalue weighted by atomic mass is 32.2. The summed E-state index contributed by atoms with van der Waals surface area (Å²) in [6.45, 7) is 5.84. The number of rotatable bonds is 6. The highest BCUT2D eigenvalue weighted by Gasteiger charge is 2.13. The molecule has 1 rings (SSSR count). The van der Waals surface area contributed by atoms with Crippen molar-refractivity contribution in [3.8, 4) is 0 Å². The fourth-order valence-corrected chi connectivity index (χ4v) is 2.45. The van der Waals surface area contributed by atoms with Crippen molar-refractivity contribution in [2.24, 2.45) is 0 Å². The topological polar surface area (TPSA) is 72.2 Å². The quantitative estimate of drug-likeness (QED) is 0.807. The Bertz CT molecular complexity index is 425. The molecule has 16 heavy (non-hydrogen) atoms. The van der Waals surface area contributed by atoms with Crippen molar-refractivity contribution in [3.05, 3.63) is 17.5 Å². The lowest BCUT2D eigenvalue weighted by Crippen LogP contribution is -2.33. The van der Waals surface area contributed by atoms with Gasteiger partial charge in [-0.25, -0.2) is 8.42 Å². The van der Waals surface area contributed by atoms with Crippen LogP contribution in [0.4, 0.5) is 0 Å². The van der Waals surface area contributed by atoms with E-state index < -0.39 is 9.84 Å². The van der Waals surface area contributed by atoms with Crippen molar-refractivity contribution < 1.29 is 12.9 Å². The average Bonchev–Trinajstić information content (AvgIpc) is 2.61. The summed E-state index contributed by atoms with van der Waals surface area (Å²) < 4.78 is 27.7. The van der Waals surface area contributed by atoms with Crippen LogP contribution in [0.2, 0.25) is 0 Å². The van der Waals surface area contributed by atoms with Crippen LogP contribution in [0.5, 0.6) is 0 Å². The Balaban J connectivity index is 2.39. The van der Waals surface area contributed by atoms with Crippen molar-refractivity contribution >= 4 is 9.84 Å². The molecule has 1 heterocycles. The van der Waals surface area contributed by atoms with Gasteiger partial charge in [-0.15, -0.1) is 0 Å². The molecular formula is C10H18N2O3S. The number of nitrogens with one attached hydrogen (secondary N) is 1. The first-order valence-electron chi connectivity index (χ1n) is 5.29. The molecule has 6 heteroatoms. The van der Waals surface area contributed by atoms with Crippen molar-refractivity contribution in [1.82, 2.24) is 10.5 Å². The molecule has 0 aliphatic carbocycles. The van der Waals surface area contributed by atoms with E-state index in [0.29, 0.717) is 6.54 Å². The Kier molecular flexibility index (Phi) is 4.49. The van der Waals surface area contributed by atoms with E-state index in [4.69, 9.17) is 4.52 Å². The second-order valence-corrected chi connectivity index (χ2v) is 6.31. The third-order valence-corrected chi connectivity index (χ3v) is 4.13. The second kappa shape index (κ2) is 5.45. The van der Waals surface area contributed by atoms with E-state index in [1.54, 1.807) is 6.92 Å². The normalized spacial score (nSPS) is 13.9. The molecule has 0 radical (unpaired) electrons. The summed E-state index contributed by atoms with van der Waals surface area (Å²) in [5.74, 6) is 1.05. The molecule has 5 nitrogen and oxygen atoms in total. The predicted molar refractivity (Wildman–Crippen MR) is 61.9 cm³/mol. The van der Waals surface area contributed by atoms with Crippen molar-refractivity contribution in [2.75, 3.05) is 11.5 Å². The minimum Gasteiger partial charge on any atom is -0.360 e. The molecule has 0 saturated carbocycles. The van der Waals surface area contributed by atoms with Gasteiger partial charge < -0.3 is 9.84 Å². The maximum absolute atomic E-state index is 11.3. The van der Waals surface area contributed by atoms with E-state index in [1.807, 2.05) is 19.9 Å². The zero-order valence-corrected chi connectivity index (χ0v) is 10.7. The van der Waals surface area contributed by atoms with Gasteiger partial charge in [0.1, 0.15) is 0 Å². The Morgan fingerprint density at radius 2 is 2.25 bits per heavy atom. The fraction of sp³-hybridized carbons (Fsp3) is 0.700. The number of nitrogens with zero attached hydrogens (tertiary/aromatic N) is 1. The maximum Gasteiger partial charge on any atom is 0.151 e. The molecule has 0 amide bonds. The van der Waals surface area contributed by atoms with E-state index in [1.165, 1.54) is 0 Å². The highest BCUT2D eigenvalue weighted by molar-refractivity contribution is 7.91. The molecule has 92 valence electrons. The molecule has 1 atom stereocenters. The largest absolute Gasteiger partial charge is 0.360 e. The van der Waals surface area contributed by atoms with Gasteiger partial charge in [0.05, 0.1) is 18.0 Å². The number of sulfone groups is 1. The van der Waals surface area contributed by atoms with Crippen LogP contribution in [0.3, 0.4) is 0 Å². The lowest BCUT2D eigenvalue weighted by molar-refractivity contribution is 0.364. The van der Waals surface area contributed by atoms with Gasteiger partial charge in [-0.3, -0.25) is 0 Å². The van der Waals surface area contributed by atoms with Crippen molar-refractivity contribution in [1.29, 1.82) is 0 Å². The van der Waals surface area contributed by atoms with Gasteiger partial charge in [-0.1, -0.05) is 12.1 Å². The monoisotopic (exact) mass is 246 g/mol. The Labute approximate surface area is 96.1 Å². The summed E-state index contributed by atoms with van der Waals surface area (Å²) in [6, 6.07) is 1.74. The van der Waals surface area contributed by atoms with E-state index in [9.17, 15) is 8.42 Å². The summed E-state index contributed by atoms with van der Waals surface area (Å²) in [5, 5.41) is 6.84. The first kappa shape index (κ1) is 13.2. The smallest absolute Gasteiger partial charge is 0.151 e. The van der Waals surface area contributed by atoms with Crippen LogP contribution in [0, 0.1) is 6.92 Å². The molecule has 1 aromatic rings. The Morgan fingerprint density at radius 1 is 1.56 bits per heavy atom. The number of hydrogen-bond acceptors (Lipinski definition) is 5. The van der Waals surface area contributed by atoms with Crippen LogP contribution in [-0.2, 0) is 16.4 Å². The van der Waals surface area contributed by atoms with Gasteiger partial charge in [0.2, 0.25) is 0 Å². The highest BCUT2D eigenvalue weighted by Crippen LogP contribution is 2.02. The lowest BCUT2D eigenvalue weighted by atomic mass is 10.3. The van der Waals surface area contributed by atoms with Crippen LogP contribution < -0.4 is 5.32 Å². The van der Waals surface area contributed by atoms with E-state index in [0.717, 1.165) is 11.5 Å². The van der Waals surface area contributed by atoms with E-state index in [-0.39, 0.29) is 17.5 Å². The zero-order chi connectivity index (χ0) is 12.2. The minimum atomic E-state index is -2.93. The first-order valence-corrected chi connectivity index (χ1v) is 7.11. The van der Waals surface area contributed by atoms with Gasteiger partial charge in [0.15, 0.2) is 15.6 Å². The van der Waals surface area contributed by atoms with Crippen LogP contribution in [0.15, 0.2) is 10.6 Å². The molecule has 1 unspecified atom stereocenters. The minimum absolute atomic E-state index is 0.0876. The lowest BCUT2D eigenvalue weighted by Gasteiger charge is -2.11. The molecule has 0 aliphatic heterocycles. The number of hydrogen-bond donors (Lipinski definition) is 1. The number of aromatic nitrogens is 1. The molecule has 0 aromatic carbocycles. The molecule has 1 N–H and O–H groups in total. The zero-order valence-electron chi connectivity index (χ0n) is 9.86. The van der Waals surface area contributed by atoms with Crippen LogP contribution in [0.1, 0.15) is 25.3 Å². The SMILES string of the molecule is CCS(=O)(=O)CC(C)NCc1cc(C)no1. The third kappa shape index (κ3) is 4.32. The van der Waals surface area contributed by atoms with Crippen LogP contribution in [0.25, 0.3) is 0 Å². The fourth-order valence-electron chi connectivity index (χ4n) is 1.33. The van der Waals surface area contributed by atoms with Gasteiger partial charge >= 0.3 is 0 Å². The van der Waals surface area contributed by atoms with Crippen molar-refractivity contribution in [2.45, 2.75) is 33.4 Å². The molecule has 0 aliphatic rings. The van der Waals surface area contributed by atoms with Gasteiger partial charge in [0, 0.05) is 17.9 Å². The average molecular weight is 246 g/mol. The molecule has 0 fully saturated rings. The summed E-state index contributed by atoms with van der Waals surface area (Å²) in [6.07, 6.45) is 0. The Hall–Kier alpha value is -0.880. The Morgan fingerprint density at radius 3 is 2.75 bits per heavy atom. The van der Waals surface area contributed by atoms with Gasteiger partial charge in [-0.05, 0) is 13.8 Å². The predicted octanol–water partition coefficient (Wildman–Crippen LogP) is 0.896. The van der Waals surface area contributed by atoms with Gasteiger partial charge in [-0.2, -0.15) is 0 Å². The summed E-state index contributed by atoms with van der Waals surface area (Å²) in [4.78, 5) is 0. The van der Waals surface area contributed by atoms with Gasteiger partial charge in [0.25, 0.3) is 0 Å². The summed E-state index contributed by atoms with van der Waals surface area (Å²) in [5.41, 5.74) is 0.825. The standard InChI is InChI=1S/C10H18N2O3S/c1-4-16(13,14)7-9(3)11-6-10-5-8(2)12-15-10/h5,9,11H,4,6-7H2,1-3H3. The molecule has 1 aromatic heterocycles. The molecule has 0 saturated heterocycles. The molecule has 0 bridgehead atoms. The summed E-state index contributed by atoms with van der Waals surface area (Å²) >= 11 is 0. The molecule has 0 spiro atoms. The summed E-state index contributed by atoms with van der Waals surface area (Å²) in [7, 11) is -2.93. The van der Waals surface area contributed by atoms with Crippen LogP contribution in [-0.4, -0.2) is 31.1 Å². The molecular weight excluding hydrogens is 228 g/mol. The van der Waals surface area contributed by atoms with E-state index >= 15 is 0 Å². The van der Waals surface area contributed by atoms with Crippen LogP contribution >= 0.6 is 0 Å². The number of aryl methyl sites for hydroxylation is 1. The van der Waals surface area contributed by atoms with Crippen molar-refractivity contribution in [3.63, 3.8) is 0 Å². The second-order valence-electron chi connectivity index (χ2n) is 3.92. The third-order valence-electron chi connectivity index (χ3n) is 2.25.